The summed E-state index contributed by atoms with van der Waals surface area (Å²) in [4.78, 5) is 23.5. The van der Waals surface area contributed by atoms with Crippen LogP contribution in [-0.4, -0.2) is 23.5 Å². The summed E-state index contributed by atoms with van der Waals surface area (Å²) in [6.45, 7) is 8.72. The number of carbonyl (C=O) groups excluding carboxylic acids is 2. The molecule has 1 rings (SSSR count). The molecule has 0 aliphatic carbocycles. The number of carbonyl (C=O) groups is 2. The van der Waals surface area contributed by atoms with Crippen LogP contribution in [0.4, 0.5) is 0 Å². The molecular weight excluding hydrogens is 266 g/mol. The van der Waals surface area contributed by atoms with Gasteiger partial charge >= 0.3 is 5.97 Å². The Morgan fingerprint density at radius 3 is 2.19 bits per heavy atom. The van der Waals surface area contributed by atoms with Crippen molar-refractivity contribution in [1.29, 1.82) is 0 Å². The van der Waals surface area contributed by atoms with Crippen LogP contribution >= 0.6 is 0 Å². The van der Waals surface area contributed by atoms with E-state index in [4.69, 9.17) is 4.74 Å². The molecule has 1 aromatic carbocycles. The lowest BCUT2D eigenvalue weighted by atomic mass is 10.0. The highest BCUT2D eigenvalue weighted by molar-refractivity contribution is 5.88. The first-order valence-electron chi connectivity index (χ1n) is 6.91. The maximum atomic E-state index is 12.3. The smallest absolute Gasteiger partial charge is 0.303 e. The minimum absolute atomic E-state index is 0.317. The maximum absolute atomic E-state index is 12.3. The first-order chi connectivity index (χ1) is 9.69. The van der Waals surface area contributed by atoms with Crippen LogP contribution < -0.4 is 5.32 Å². The Labute approximate surface area is 126 Å². The van der Waals surface area contributed by atoms with Crippen LogP contribution in [0.2, 0.25) is 0 Å². The van der Waals surface area contributed by atoms with E-state index in [2.05, 4.69) is 5.32 Å². The fraction of sp³-hybridized carbons (Fsp3) is 0.412. The van der Waals surface area contributed by atoms with Crippen LogP contribution in [0.3, 0.4) is 0 Å². The Morgan fingerprint density at radius 2 is 1.71 bits per heavy atom. The van der Waals surface area contributed by atoms with E-state index in [1.165, 1.54) is 6.92 Å². The second-order valence-corrected chi connectivity index (χ2v) is 6.03. The predicted molar refractivity (Wildman–Crippen MR) is 83.5 cm³/mol. The van der Waals surface area contributed by atoms with Gasteiger partial charge in [0.2, 0.25) is 6.10 Å². The molecule has 0 aliphatic heterocycles. The summed E-state index contributed by atoms with van der Waals surface area (Å²) in [6.07, 6.45) is 0.928. The summed E-state index contributed by atoms with van der Waals surface area (Å²) in [7, 11) is 0. The fourth-order valence-corrected chi connectivity index (χ4v) is 1.84. The Bertz CT molecular complexity index is 527. The molecule has 114 valence electrons. The molecule has 0 aromatic heterocycles. The van der Waals surface area contributed by atoms with E-state index in [1.807, 2.05) is 57.2 Å². The zero-order valence-corrected chi connectivity index (χ0v) is 13.3. The van der Waals surface area contributed by atoms with Gasteiger partial charge in [-0.15, -0.1) is 0 Å². The minimum atomic E-state index is -0.915. The molecule has 0 fully saturated rings. The van der Waals surface area contributed by atoms with Crippen LogP contribution in [0.15, 0.2) is 35.9 Å². The van der Waals surface area contributed by atoms with Crippen LogP contribution in [-0.2, 0) is 14.3 Å². The van der Waals surface area contributed by atoms with E-state index in [9.17, 15) is 9.59 Å². The molecule has 4 heteroatoms. The summed E-state index contributed by atoms with van der Waals surface area (Å²) in [5.74, 6) is -0.799. The molecule has 0 saturated heterocycles. The molecule has 0 radical (unpaired) electrons. The minimum Gasteiger partial charge on any atom is -0.448 e. The van der Waals surface area contributed by atoms with Crippen LogP contribution in [0.1, 0.15) is 40.2 Å². The van der Waals surface area contributed by atoms with Crippen molar-refractivity contribution in [2.75, 3.05) is 0 Å². The van der Waals surface area contributed by atoms with Crippen molar-refractivity contribution < 1.29 is 14.3 Å². The van der Waals surface area contributed by atoms with Gasteiger partial charge < -0.3 is 10.1 Å². The van der Waals surface area contributed by atoms with Crippen molar-refractivity contribution in [2.24, 2.45) is 0 Å². The van der Waals surface area contributed by atoms with Gasteiger partial charge in [-0.3, -0.25) is 9.59 Å². The topological polar surface area (TPSA) is 55.4 Å². The molecular formula is C17H23NO3. The average molecular weight is 289 g/mol. The molecule has 0 heterocycles. The van der Waals surface area contributed by atoms with Gasteiger partial charge in [-0.1, -0.05) is 36.4 Å². The van der Waals surface area contributed by atoms with Crippen molar-refractivity contribution in [3.8, 4) is 0 Å². The lowest BCUT2D eigenvalue weighted by molar-refractivity contribution is -0.152. The van der Waals surface area contributed by atoms with Gasteiger partial charge in [0.25, 0.3) is 5.91 Å². The maximum Gasteiger partial charge on any atom is 0.303 e. The standard InChI is InChI=1S/C17H23NO3/c1-12(11-14-9-7-6-8-10-14)15(21-13(2)19)16(20)18-17(3,4)5/h6-11,15H,1-5H3,(H,18,20)/b12-11+. The molecule has 0 saturated carbocycles. The van der Waals surface area contributed by atoms with Gasteiger partial charge in [0.05, 0.1) is 0 Å². The molecule has 1 unspecified atom stereocenters. The molecule has 1 N–H and O–H groups in total. The largest absolute Gasteiger partial charge is 0.448 e. The Morgan fingerprint density at radius 1 is 1.14 bits per heavy atom. The number of amides is 1. The van der Waals surface area contributed by atoms with E-state index < -0.39 is 12.1 Å². The van der Waals surface area contributed by atoms with E-state index in [0.29, 0.717) is 5.57 Å². The number of hydrogen-bond donors (Lipinski definition) is 1. The molecule has 0 spiro atoms. The Kier molecular flexibility index (Phi) is 5.70. The third-order valence-corrected chi connectivity index (χ3v) is 2.63. The van der Waals surface area contributed by atoms with E-state index in [1.54, 1.807) is 6.92 Å². The number of hydrogen-bond acceptors (Lipinski definition) is 3. The highest BCUT2D eigenvalue weighted by Gasteiger charge is 2.26. The summed E-state index contributed by atoms with van der Waals surface area (Å²) in [6, 6.07) is 9.60. The van der Waals surface area contributed by atoms with Crippen LogP contribution in [0.25, 0.3) is 6.08 Å². The van der Waals surface area contributed by atoms with Crippen molar-refractivity contribution in [3.05, 3.63) is 41.5 Å². The monoisotopic (exact) mass is 289 g/mol. The molecule has 0 bridgehead atoms. The highest BCUT2D eigenvalue weighted by Crippen LogP contribution is 2.14. The molecule has 4 nitrogen and oxygen atoms in total. The van der Waals surface area contributed by atoms with Gasteiger partial charge in [0.15, 0.2) is 0 Å². The SMILES string of the molecule is CC(=O)OC(C(=O)NC(C)(C)C)/C(C)=C/c1ccccc1. The van der Waals surface area contributed by atoms with Crippen molar-refractivity contribution in [3.63, 3.8) is 0 Å². The first-order valence-corrected chi connectivity index (χ1v) is 6.91. The third kappa shape index (κ3) is 6.25. The van der Waals surface area contributed by atoms with Gasteiger partial charge in [0.1, 0.15) is 0 Å². The van der Waals surface area contributed by atoms with Crippen molar-refractivity contribution in [1.82, 2.24) is 5.32 Å². The van der Waals surface area contributed by atoms with Gasteiger partial charge in [-0.2, -0.15) is 0 Å². The quantitative estimate of drug-likeness (QED) is 0.867. The first kappa shape index (κ1) is 17.0. The molecule has 21 heavy (non-hydrogen) atoms. The van der Waals surface area contributed by atoms with Crippen molar-refractivity contribution in [2.45, 2.75) is 46.3 Å². The lowest BCUT2D eigenvalue weighted by Crippen LogP contribution is -2.47. The zero-order valence-electron chi connectivity index (χ0n) is 13.3. The van der Waals surface area contributed by atoms with Gasteiger partial charge in [0, 0.05) is 12.5 Å². The molecule has 1 aromatic rings. The second-order valence-electron chi connectivity index (χ2n) is 6.03. The number of rotatable bonds is 4. The zero-order chi connectivity index (χ0) is 16.0. The number of nitrogens with one attached hydrogen (secondary N) is 1. The summed E-state index contributed by atoms with van der Waals surface area (Å²) in [5.41, 5.74) is 1.25. The Balaban J connectivity index is 2.99. The number of esters is 1. The third-order valence-electron chi connectivity index (χ3n) is 2.63. The van der Waals surface area contributed by atoms with Crippen molar-refractivity contribution >= 4 is 18.0 Å². The molecule has 1 amide bonds. The van der Waals surface area contributed by atoms with E-state index in [0.717, 1.165) is 5.56 Å². The number of ether oxygens (including phenoxy) is 1. The van der Waals surface area contributed by atoms with Gasteiger partial charge in [-0.05, 0) is 38.8 Å². The lowest BCUT2D eigenvalue weighted by Gasteiger charge is -2.25. The summed E-state index contributed by atoms with van der Waals surface area (Å²) < 4.78 is 5.17. The Hall–Kier alpha value is -2.10. The highest BCUT2D eigenvalue weighted by atomic mass is 16.5. The summed E-state index contributed by atoms with van der Waals surface area (Å²) in [5, 5.41) is 2.83. The van der Waals surface area contributed by atoms with Gasteiger partial charge in [-0.25, -0.2) is 0 Å². The van der Waals surface area contributed by atoms with E-state index >= 15 is 0 Å². The van der Waals surface area contributed by atoms with Crippen LogP contribution in [0.5, 0.6) is 0 Å². The summed E-state index contributed by atoms with van der Waals surface area (Å²) >= 11 is 0. The normalized spacial score (nSPS) is 13.5. The second kappa shape index (κ2) is 7.07. The molecule has 1 atom stereocenters. The average Bonchev–Trinajstić information content (AvgIpc) is 2.34. The van der Waals surface area contributed by atoms with E-state index in [-0.39, 0.29) is 11.4 Å². The van der Waals surface area contributed by atoms with Crippen LogP contribution in [0, 0.1) is 0 Å². The predicted octanol–water partition coefficient (Wildman–Crippen LogP) is 2.94. The fourth-order valence-electron chi connectivity index (χ4n) is 1.84. The number of benzene rings is 1. The molecule has 0 aliphatic rings.